The highest BCUT2D eigenvalue weighted by atomic mass is 16.5. The van der Waals surface area contributed by atoms with Crippen molar-refractivity contribution in [3.8, 4) is 16.9 Å². The first kappa shape index (κ1) is 16.8. The fraction of sp³-hybridized carbons (Fsp3) is 0.136. The molecule has 3 nitrogen and oxygen atoms in total. The van der Waals surface area contributed by atoms with Crippen LogP contribution in [0.3, 0.4) is 0 Å². The van der Waals surface area contributed by atoms with Crippen LogP contribution < -0.4 is 10.1 Å². The summed E-state index contributed by atoms with van der Waals surface area (Å²) >= 11 is 0. The zero-order valence-corrected chi connectivity index (χ0v) is 14.4. The summed E-state index contributed by atoms with van der Waals surface area (Å²) in [5.41, 5.74) is 3.92. The third-order valence-corrected chi connectivity index (χ3v) is 3.94. The van der Waals surface area contributed by atoms with E-state index in [4.69, 9.17) is 4.74 Å². The quantitative estimate of drug-likeness (QED) is 0.709. The van der Waals surface area contributed by atoms with Gasteiger partial charge in [-0.25, -0.2) is 0 Å². The van der Waals surface area contributed by atoms with Crippen molar-refractivity contribution in [2.45, 2.75) is 20.0 Å². The number of carbonyl (C=O) groups excluding carboxylic acids is 1. The molecule has 25 heavy (non-hydrogen) atoms. The third kappa shape index (κ3) is 4.27. The van der Waals surface area contributed by atoms with Gasteiger partial charge >= 0.3 is 0 Å². The van der Waals surface area contributed by atoms with Gasteiger partial charge in [0, 0.05) is 11.3 Å². The van der Waals surface area contributed by atoms with Crippen LogP contribution in [0.25, 0.3) is 11.1 Å². The molecule has 0 fully saturated rings. The molecule has 0 aromatic heterocycles. The molecular weight excluding hydrogens is 310 g/mol. The normalized spacial score (nSPS) is 11.6. The van der Waals surface area contributed by atoms with Gasteiger partial charge in [-0.3, -0.25) is 4.79 Å². The van der Waals surface area contributed by atoms with E-state index in [1.165, 1.54) is 0 Å². The minimum Gasteiger partial charge on any atom is -0.481 e. The van der Waals surface area contributed by atoms with E-state index in [-0.39, 0.29) is 5.91 Å². The van der Waals surface area contributed by atoms with Crippen molar-refractivity contribution in [1.29, 1.82) is 0 Å². The SMILES string of the molecule is Cc1cccc(O[C@@H](C)C(=O)Nc2ccccc2-c2ccccc2)c1. The Morgan fingerprint density at radius 2 is 1.64 bits per heavy atom. The summed E-state index contributed by atoms with van der Waals surface area (Å²) in [6.07, 6.45) is -0.592. The van der Waals surface area contributed by atoms with Gasteiger partial charge in [-0.1, -0.05) is 60.7 Å². The number of hydrogen-bond donors (Lipinski definition) is 1. The Balaban J connectivity index is 1.75. The summed E-state index contributed by atoms with van der Waals surface area (Å²) in [6, 6.07) is 25.5. The third-order valence-electron chi connectivity index (χ3n) is 3.94. The molecule has 0 bridgehead atoms. The molecular formula is C22H21NO2. The van der Waals surface area contributed by atoms with Crippen molar-refractivity contribution >= 4 is 11.6 Å². The second-order valence-corrected chi connectivity index (χ2v) is 5.98. The van der Waals surface area contributed by atoms with Gasteiger partial charge in [-0.15, -0.1) is 0 Å². The van der Waals surface area contributed by atoms with Crippen molar-refractivity contribution in [2.75, 3.05) is 5.32 Å². The molecule has 126 valence electrons. The summed E-state index contributed by atoms with van der Waals surface area (Å²) in [5.74, 6) is 0.517. The number of carbonyl (C=O) groups is 1. The van der Waals surface area contributed by atoms with Crippen LogP contribution in [0.1, 0.15) is 12.5 Å². The molecule has 0 heterocycles. The maximum absolute atomic E-state index is 12.5. The lowest BCUT2D eigenvalue weighted by atomic mass is 10.0. The zero-order chi connectivity index (χ0) is 17.6. The fourth-order valence-corrected chi connectivity index (χ4v) is 2.64. The van der Waals surface area contributed by atoms with Gasteiger partial charge in [-0.2, -0.15) is 0 Å². The van der Waals surface area contributed by atoms with E-state index in [2.05, 4.69) is 5.32 Å². The van der Waals surface area contributed by atoms with Crippen LogP contribution in [-0.2, 0) is 4.79 Å². The Morgan fingerprint density at radius 1 is 0.920 bits per heavy atom. The minimum absolute atomic E-state index is 0.176. The molecule has 1 amide bonds. The molecule has 0 spiro atoms. The highest BCUT2D eigenvalue weighted by molar-refractivity contribution is 5.98. The Kier molecular flexibility index (Phi) is 5.14. The summed E-state index contributed by atoms with van der Waals surface area (Å²) in [7, 11) is 0. The highest BCUT2D eigenvalue weighted by Crippen LogP contribution is 2.27. The number of rotatable bonds is 5. The first-order chi connectivity index (χ1) is 12.1. The predicted octanol–water partition coefficient (Wildman–Crippen LogP) is 5.07. The second kappa shape index (κ2) is 7.67. The van der Waals surface area contributed by atoms with Crippen LogP contribution in [-0.4, -0.2) is 12.0 Å². The highest BCUT2D eigenvalue weighted by Gasteiger charge is 2.16. The monoisotopic (exact) mass is 331 g/mol. The van der Waals surface area contributed by atoms with Crippen LogP contribution in [0.15, 0.2) is 78.9 Å². The lowest BCUT2D eigenvalue weighted by molar-refractivity contribution is -0.122. The fourth-order valence-electron chi connectivity index (χ4n) is 2.64. The Labute approximate surface area is 148 Å². The molecule has 1 N–H and O–H groups in total. The summed E-state index contributed by atoms with van der Waals surface area (Å²) in [6.45, 7) is 3.75. The molecule has 3 aromatic rings. The molecule has 0 aliphatic heterocycles. The van der Waals surface area contributed by atoms with Crippen molar-refractivity contribution in [2.24, 2.45) is 0 Å². The van der Waals surface area contributed by atoms with E-state index in [1.54, 1.807) is 6.92 Å². The number of nitrogens with one attached hydrogen (secondary N) is 1. The molecule has 0 radical (unpaired) electrons. The number of benzene rings is 3. The predicted molar refractivity (Wildman–Crippen MR) is 102 cm³/mol. The first-order valence-electron chi connectivity index (χ1n) is 8.32. The average Bonchev–Trinajstić information content (AvgIpc) is 2.63. The number of amides is 1. The molecule has 1 atom stereocenters. The lowest BCUT2D eigenvalue weighted by Gasteiger charge is -2.17. The number of aryl methyl sites for hydroxylation is 1. The minimum atomic E-state index is -0.592. The molecule has 3 heteroatoms. The molecule has 0 saturated carbocycles. The maximum Gasteiger partial charge on any atom is 0.265 e. The van der Waals surface area contributed by atoms with E-state index in [0.717, 1.165) is 22.4 Å². The van der Waals surface area contributed by atoms with Gasteiger partial charge in [0.05, 0.1) is 0 Å². The Bertz CT molecular complexity index is 859. The number of ether oxygens (including phenoxy) is 1. The van der Waals surface area contributed by atoms with Gasteiger partial charge in [0.25, 0.3) is 5.91 Å². The van der Waals surface area contributed by atoms with Crippen LogP contribution in [0.4, 0.5) is 5.69 Å². The Hall–Kier alpha value is -3.07. The van der Waals surface area contributed by atoms with Crippen LogP contribution in [0.5, 0.6) is 5.75 Å². The van der Waals surface area contributed by atoms with E-state index in [0.29, 0.717) is 5.75 Å². The maximum atomic E-state index is 12.5. The van der Waals surface area contributed by atoms with Crippen LogP contribution >= 0.6 is 0 Å². The van der Waals surface area contributed by atoms with E-state index < -0.39 is 6.10 Å². The van der Waals surface area contributed by atoms with Crippen LogP contribution in [0, 0.1) is 6.92 Å². The average molecular weight is 331 g/mol. The lowest BCUT2D eigenvalue weighted by Crippen LogP contribution is -2.30. The van der Waals surface area contributed by atoms with Crippen LogP contribution in [0.2, 0.25) is 0 Å². The summed E-state index contributed by atoms with van der Waals surface area (Å²) in [5, 5.41) is 2.98. The molecule has 3 aromatic carbocycles. The van der Waals surface area contributed by atoms with E-state index >= 15 is 0 Å². The van der Waals surface area contributed by atoms with Gasteiger partial charge < -0.3 is 10.1 Å². The van der Waals surface area contributed by atoms with Gasteiger partial charge in [0.2, 0.25) is 0 Å². The summed E-state index contributed by atoms with van der Waals surface area (Å²) in [4.78, 5) is 12.5. The van der Waals surface area contributed by atoms with Gasteiger partial charge in [0.15, 0.2) is 6.10 Å². The largest absolute Gasteiger partial charge is 0.481 e. The standard InChI is InChI=1S/C22H21NO2/c1-16-9-8-12-19(15-16)25-17(2)22(24)23-21-14-7-6-13-20(21)18-10-4-3-5-11-18/h3-15,17H,1-2H3,(H,23,24)/t17-/m0/s1. The van der Waals surface area contributed by atoms with Crippen molar-refractivity contribution < 1.29 is 9.53 Å². The molecule has 0 aliphatic carbocycles. The van der Waals surface area contributed by atoms with Gasteiger partial charge in [-0.05, 0) is 43.2 Å². The smallest absolute Gasteiger partial charge is 0.265 e. The van der Waals surface area contributed by atoms with Crippen molar-refractivity contribution in [3.63, 3.8) is 0 Å². The van der Waals surface area contributed by atoms with E-state index in [1.807, 2.05) is 85.8 Å². The zero-order valence-electron chi connectivity index (χ0n) is 14.4. The number of para-hydroxylation sites is 1. The van der Waals surface area contributed by atoms with Crippen molar-refractivity contribution in [3.05, 3.63) is 84.4 Å². The molecule has 0 aliphatic rings. The second-order valence-electron chi connectivity index (χ2n) is 5.98. The topological polar surface area (TPSA) is 38.3 Å². The van der Waals surface area contributed by atoms with E-state index in [9.17, 15) is 4.79 Å². The number of hydrogen-bond acceptors (Lipinski definition) is 2. The molecule has 0 unspecified atom stereocenters. The number of anilines is 1. The first-order valence-corrected chi connectivity index (χ1v) is 8.32. The molecule has 3 rings (SSSR count). The Morgan fingerprint density at radius 3 is 2.40 bits per heavy atom. The summed E-state index contributed by atoms with van der Waals surface area (Å²) < 4.78 is 5.76. The molecule has 0 saturated heterocycles. The van der Waals surface area contributed by atoms with Crippen molar-refractivity contribution in [1.82, 2.24) is 0 Å². The van der Waals surface area contributed by atoms with Gasteiger partial charge in [0.1, 0.15) is 5.75 Å².